The van der Waals surface area contributed by atoms with Crippen LogP contribution in [0.15, 0.2) is 28.8 Å². The first-order chi connectivity index (χ1) is 9.19. The average molecular weight is 265 g/mol. The van der Waals surface area contributed by atoms with Crippen molar-refractivity contribution in [2.45, 2.75) is 19.4 Å². The van der Waals surface area contributed by atoms with Crippen LogP contribution in [-0.4, -0.2) is 23.4 Å². The summed E-state index contributed by atoms with van der Waals surface area (Å²) >= 11 is 0. The van der Waals surface area contributed by atoms with Crippen molar-refractivity contribution in [1.82, 2.24) is 10.1 Å². The summed E-state index contributed by atoms with van der Waals surface area (Å²) in [6.07, 6.45) is 0.381. The van der Waals surface area contributed by atoms with E-state index in [0.717, 1.165) is 5.56 Å². The predicted octanol–water partition coefficient (Wildman–Crippen LogP) is 1.84. The molecule has 102 valence electrons. The monoisotopic (exact) mass is 265 g/mol. The highest BCUT2D eigenvalue weighted by Gasteiger charge is 2.14. The summed E-state index contributed by atoms with van der Waals surface area (Å²) in [7, 11) is 0. The Bertz CT molecular complexity index is 530. The van der Waals surface area contributed by atoms with Crippen LogP contribution < -0.4 is 5.73 Å². The molecule has 2 rings (SSSR count). The summed E-state index contributed by atoms with van der Waals surface area (Å²) in [5, 5.41) is 3.80. The molecule has 0 saturated heterocycles. The fourth-order valence-electron chi connectivity index (χ4n) is 1.63. The quantitative estimate of drug-likeness (QED) is 0.862. The van der Waals surface area contributed by atoms with Gasteiger partial charge in [-0.25, -0.2) is 4.39 Å². The van der Waals surface area contributed by atoms with Gasteiger partial charge in [0.25, 0.3) is 0 Å². The molecule has 0 radical (unpaired) electrons. The fourth-order valence-corrected chi connectivity index (χ4v) is 1.63. The van der Waals surface area contributed by atoms with Gasteiger partial charge in [0.1, 0.15) is 5.82 Å². The molecule has 1 atom stereocenters. The molecule has 0 bridgehead atoms. The minimum Gasteiger partial charge on any atom is -0.380 e. The largest absolute Gasteiger partial charge is 0.380 e. The molecular formula is C13H16FN3O2. The second kappa shape index (κ2) is 6.40. The number of rotatable bonds is 6. The lowest BCUT2D eigenvalue weighted by molar-refractivity contribution is 0.130. The molecule has 19 heavy (non-hydrogen) atoms. The normalized spacial score (nSPS) is 12.6. The highest BCUT2D eigenvalue weighted by atomic mass is 19.1. The van der Waals surface area contributed by atoms with Crippen LogP contribution in [0.3, 0.4) is 0 Å². The fraction of sp³-hybridized carbons (Fsp3) is 0.385. The van der Waals surface area contributed by atoms with E-state index in [2.05, 4.69) is 10.1 Å². The first-order valence-electron chi connectivity index (χ1n) is 6.09. The number of hydrogen-bond donors (Lipinski definition) is 1. The van der Waals surface area contributed by atoms with Gasteiger partial charge in [0.2, 0.25) is 5.89 Å². The molecule has 0 amide bonds. The van der Waals surface area contributed by atoms with Crippen molar-refractivity contribution >= 4 is 0 Å². The Balaban J connectivity index is 2.01. The third-order valence-electron chi connectivity index (χ3n) is 2.56. The SMILES string of the molecule is CCOCC(N)c1noc(Cc2cccc(F)c2)n1. The van der Waals surface area contributed by atoms with Gasteiger partial charge in [-0.15, -0.1) is 0 Å². The van der Waals surface area contributed by atoms with Crippen molar-refractivity contribution in [3.8, 4) is 0 Å². The number of ether oxygens (including phenoxy) is 1. The van der Waals surface area contributed by atoms with Crippen LogP contribution in [0.4, 0.5) is 4.39 Å². The molecule has 1 unspecified atom stereocenters. The smallest absolute Gasteiger partial charge is 0.231 e. The van der Waals surface area contributed by atoms with Gasteiger partial charge in [-0.3, -0.25) is 0 Å². The Morgan fingerprint density at radius 1 is 1.47 bits per heavy atom. The Morgan fingerprint density at radius 3 is 3.05 bits per heavy atom. The van der Waals surface area contributed by atoms with E-state index < -0.39 is 6.04 Å². The molecule has 0 aliphatic carbocycles. The van der Waals surface area contributed by atoms with Gasteiger partial charge in [-0.2, -0.15) is 4.98 Å². The molecule has 0 aliphatic heterocycles. The second-order valence-electron chi connectivity index (χ2n) is 4.12. The molecule has 1 heterocycles. The predicted molar refractivity (Wildman–Crippen MR) is 66.9 cm³/mol. The van der Waals surface area contributed by atoms with Crippen LogP contribution in [0.5, 0.6) is 0 Å². The van der Waals surface area contributed by atoms with Crippen molar-refractivity contribution in [3.05, 3.63) is 47.4 Å². The van der Waals surface area contributed by atoms with E-state index in [0.29, 0.717) is 31.3 Å². The van der Waals surface area contributed by atoms with Crippen LogP contribution in [-0.2, 0) is 11.2 Å². The lowest BCUT2D eigenvalue weighted by Crippen LogP contribution is -2.18. The molecule has 2 aromatic rings. The van der Waals surface area contributed by atoms with E-state index in [9.17, 15) is 4.39 Å². The van der Waals surface area contributed by atoms with Crippen molar-refractivity contribution in [3.63, 3.8) is 0 Å². The zero-order valence-electron chi connectivity index (χ0n) is 10.7. The summed E-state index contributed by atoms with van der Waals surface area (Å²) < 4.78 is 23.3. The molecule has 6 heteroatoms. The summed E-state index contributed by atoms with van der Waals surface area (Å²) in [6.45, 7) is 2.81. The van der Waals surface area contributed by atoms with Crippen molar-refractivity contribution in [2.75, 3.05) is 13.2 Å². The molecule has 0 aliphatic rings. The Labute approximate surface area is 110 Å². The Kier molecular flexibility index (Phi) is 4.59. The van der Waals surface area contributed by atoms with Gasteiger partial charge in [0.15, 0.2) is 5.82 Å². The highest BCUT2D eigenvalue weighted by molar-refractivity contribution is 5.19. The number of aromatic nitrogens is 2. The lowest BCUT2D eigenvalue weighted by atomic mass is 10.1. The number of halogens is 1. The first-order valence-corrected chi connectivity index (χ1v) is 6.09. The molecule has 1 aromatic carbocycles. The van der Waals surface area contributed by atoms with E-state index in [1.54, 1.807) is 12.1 Å². The van der Waals surface area contributed by atoms with Crippen LogP contribution >= 0.6 is 0 Å². The molecule has 5 nitrogen and oxygen atoms in total. The third kappa shape index (κ3) is 3.84. The minimum atomic E-state index is -0.412. The standard InChI is InChI=1S/C13H16FN3O2/c1-2-18-8-11(15)13-16-12(19-17-13)7-9-4-3-5-10(14)6-9/h3-6,11H,2,7-8,15H2,1H3. The van der Waals surface area contributed by atoms with E-state index in [-0.39, 0.29) is 5.82 Å². The maximum atomic E-state index is 13.0. The average Bonchev–Trinajstić information content (AvgIpc) is 2.84. The van der Waals surface area contributed by atoms with E-state index in [1.807, 2.05) is 6.92 Å². The first kappa shape index (κ1) is 13.6. The van der Waals surface area contributed by atoms with Crippen molar-refractivity contribution < 1.29 is 13.7 Å². The van der Waals surface area contributed by atoms with Crippen LogP contribution in [0, 0.1) is 5.82 Å². The summed E-state index contributed by atoms with van der Waals surface area (Å²) in [4.78, 5) is 4.18. The summed E-state index contributed by atoms with van der Waals surface area (Å²) in [6, 6.07) is 5.85. The van der Waals surface area contributed by atoms with E-state index in [4.69, 9.17) is 15.0 Å². The molecule has 1 aromatic heterocycles. The number of nitrogens with zero attached hydrogens (tertiary/aromatic N) is 2. The van der Waals surface area contributed by atoms with Gasteiger partial charge in [-0.1, -0.05) is 17.3 Å². The maximum Gasteiger partial charge on any atom is 0.231 e. The number of nitrogens with two attached hydrogens (primary N) is 1. The van der Waals surface area contributed by atoms with Gasteiger partial charge < -0.3 is 15.0 Å². The minimum absolute atomic E-state index is 0.287. The van der Waals surface area contributed by atoms with Crippen molar-refractivity contribution in [1.29, 1.82) is 0 Å². The molecule has 0 fully saturated rings. The van der Waals surface area contributed by atoms with E-state index >= 15 is 0 Å². The topological polar surface area (TPSA) is 74.2 Å². The summed E-state index contributed by atoms with van der Waals surface area (Å²) in [5.41, 5.74) is 6.61. The lowest BCUT2D eigenvalue weighted by Gasteiger charge is -2.05. The van der Waals surface area contributed by atoms with Gasteiger partial charge in [0.05, 0.1) is 19.1 Å². The zero-order valence-corrected chi connectivity index (χ0v) is 10.7. The highest BCUT2D eigenvalue weighted by Crippen LogP contribution is 2.12. The second-order valence-corrected chi connectivity index (χ2v) is 4.12. The molecule has 0 saturated carbocycles. The van der Waals surface area contributed by atoms with Gasteiger partial charge >= 0.3 is 0 Å². The summed E-state index contributed by atoms with van der Waals surface area (Å²) in [5.74, 6) is 0.526. The number of benzene rings is 1. The number of hydrogen-bond acceptors (Lipinski definition) is 5. The van der Waals surface area contributed by atoms with Crippen LogP contribution in [0.1, 0.15) is 30.2 Å². The molecular weight excluding hydrogens is 249 g/mol. The van der Waals surface area contributed by atoms with Crippen LogP contribution in [0.2, 0.25) is 0 Å². The molecule has 2 N–H and O–H groups in total. The molecule has 0 spiro atoms. The van der Waals surface area contributed by atoms with Gasteiger partial charge in [-0.05, 0) is 24.6 Å². The maximum absolute atomic E-state index is 13.0. The van der Waals surface area contributed by atoms with Gasteiger partial charge in [0, 0.05) is 6.61 Å². The van der Waals surface area contributed by atoms with E-state index in [1.165, 1.54) is 12.1 Å². The third-order valence-corrected chi connectivity index (χ3v) is 2.56. The zero-order chi connectivity index (χ0) is 13.7. The Hall–Kier alpha value is -1.79. The van der Waals surface area contributed by atoms with Crippen LogP contribution in [0.25, 0.3) is 0 Å². The Morgan fingerprint density at radius 2 is 2.32 bits per heavy atom. The van der Waals surface area contributed by atoms with Crippen molar-refractivity contribution in [2.24, 2.45) is 5.73 Å².